The molecule has 0 amide bonds. The van der Waals surface area contributed by atoms with Gasteiger partial charge in [-0.3, -0.25) is 0 Å². The summed E-state index contributed by atoms with van der Waals surface area (Å²) in [4.78, 5) is 12.0. The predicted octanol–water partition coefficient (Wildman–Crippen LogP) is 2.83. The molecule has 0 saturated heterocycles. The highest BCUT2D eigenvalue weighted by Gasteiger charge is 2.66. The Morgan fingerprint density at radius 2 is 1.89 bits per heavy atom. The van der Waals surface area contributed by atoms with Crippen LogP contribution in [0.1, 0.15) is 52.4 Å². The summed E-state index contributed by atoms with van der Waals surface area (Å²) in [5.41, 5.74) is -1.05. The molecule has 4 aliphatic carbocycles. The summed E-state index contributed by atoms with van der Waals surface area (Å²) in [7, 11) is 0. The van der Waals surface area contributed by atoms with Gasteiger partial charge < -0.3 is 9.84 Å². The van der Waals surface area contributed by atoms with Crippen molar-refractivity contribution < 1.29 is 14.6 Å². The summed E-state index contributed by atoms with van der Waals surface area (Å²) in [6.45, 7) is 7.38. The Labute approximate surface area is 115 Å². The first-order chi connectivity index (χ1) is 8.90. The van der Waals surface area contributed by atoms with Crippen molar-refractivity contribution in [2.45, 2.75) is 63.6 Å². The van der Waals surface area contributed by atoms with E-state index in [-0.39, 0.29) is 5.97 Å². The third kappa shape index (κ3) is 1.70. The van der Waals surface area contributed by atoms with Crippen LogP contribution in [0.4, 0.5) is 0 Å². The van der Waals surface area contributed by atoms with Gasteiger partial charge in [0, 0.05) is 11.5 Å². The highest BCUT2D eigenvalue weighted by molar-refractivity contribution is 5.87. The van der Waals surface area contributed by atoms with Gasteiger partial charge in [-0.1, -0.05) is 13.5 Å². The van der Waals surface area contributed by atoms with Gasteiger partial charge in [-0.25, -0.2) is 4.79 Å². The van der Waals surface area contributed by atoms with Crippen molar-refractivity contribution in [1.82, 2.24) is 0 Å². The predicted molar refractivity (Wildman–Crippen MR) is 72.4 cm³/mol. The summed E-state index contributed by atoms with van der Waals surface area (Å²) in [5.74, 6) is 1.25. The van der Waals surface area contributed by atoms with E-state index in [9.17, 15) is 9.90 Å². The standard InChI is InChI=1S/C16H24O3/c1-4-16(19-14(17)10(2)3)13-6-11-5-12(7-13)9-15(16,18)8-11/h11-13,18H,2,4-9H2,1,3H3. The van der Waals surface area contributed by atoms with Crippen LogP contribution in [0.2, 0.25) is 0 Å². The maximum absolute atomic E-state index is 12.0. The third-order valence-electron chi connectivity index (χ3n) is 5.75. The first kappa shape index (κ1) is 13.2. The summed E-state index contributed by atoms with van der Waals surface area (Å²) in [6.07, 6.45) is 5.78. The van der Waals surface area contributed by atoms with Crippen LogP contribution in [0.25, 0.3) is 0 Å². The number of carbonyl (C=O) groups excluding carboxylic acids is 1. The molecule has 0 aromatic carbocycles. The topological polar surface area (TPSA) is 46.5 Å². The second kappa shape index (κ2) is 4.08. The average molecular weight is 264 g/mol. The van der Waals surface area contributed by atoms with E-state index in [1.165, 1.54) is 6.42 Å². The first-order valence-corrected chi connectivity index (χ1v) is 7.51. The minimum atomic E-state index is -0.804. The Bertz CT molecular complexity index is 414. The second-order valence-corrected chi connectivity index (χ2v) is 6.99. The monoisotopic (exact) mass is 264 g/mol. The van der Waals surface area contributed by atoms with Gasteiger partial charge in [0.25, 0.3) is 0 Å². The lowest BCUT2D eigenvalue weighted by molar-refractivity contribution is -0.275. The number of ether oxygens (including phenoxy) is 1. The van der Waals surface area contributed by atoms with Crippen molar-refractivity contribution in [3.8, 4) is 0 Å². The maximum atomic E-state index is 12.0. The fraction of sp³-hybridized carbons (Fsp3) is 0.812. The summed E-state index contributed by atoms with van der Waals surface area (Å²) in [6, 6.07) is 0. The van der Waals surface area contributed by atoms with Gasteiger partial charge in [-0.05, 0) is 57.3 Å². The zero-order chi connectivity index (χ0) is 13.8. The van der Waals surface area contributed by atoms with Gasteiger partial charge >= 0.3 is 5.97 Å². The van der Waals surface area contributed by atoms with Crippen molar-refractivity contribution in [3.63, 3.8) is 0 Å². The van der Waals surface area contributed by atoms with Crippen molar-refractivity contribution in [3.05, 3.63) is 12.2 Å². The first-order valence-electron chi connectivity index (χ1n) is 7.51. The number of esters is 1. The Kier molecular flexibility index (Phi) is 2.83. The number of aliphatic hydroxyl groups is 1. The van der Waals surface area contributed by atoms with E-state index in [0.717, 1.165) is 25.7 Å². The summed E-state index contributed by atoms with van der Waals surface area (Å²) < 4.78 is 5.84. The van der Waals surface area contributed by atoms with Crippen LogP contribution < -0.4 is 0 Å². The summed E-state index contributed by atoms with van der Waals surface area (Å²) >= 11 is 0. The van der Waals surface area contributed by atoms with Crippen LogP contribution in [-0.2, 0) is 9.53 Å². The van der Waals surface area contributed by atoms with E-state index >= 15 is 0 Å². The molecule has 0 aromatic heterocycles. The molecule has 4 fully saturated rings. The minimum absolute atomic E-state index is 0.331. The molecule has 3 atom stereocenters. The average Bonchev–Trinajstić information content (AvgIpc) is 2.32. The van der Waals surface area contributed by atoms with Crippen LogP contribution in [0.15, 0.2) is 12.2 Å². The van der Waals surface area contributed by atoms with E-state index in [0.29, 0.717) is 29.7 Å². The molecule has 0 aromatic rings. The molecule has 19 heavy (non-hydrogen) atoms. The number of hydrogen-bond acceptors (Lipinski definition) is 3. The molecule has 4 bridgehead atoms. The van der Waals surface area contributed by atoms with Gasteiger partial charge in [0.1, 0.15) is 11.2 Å². The number of rotatable bonds is 3. The highest BCUT2D eigenvalue weighted by atomic mass is 16.6. The zero-order valence-corrected chi connectivity index (χ0v) is 11.9. The molecule has 3 nitrogen and oxygen atoms in total. The van der Waals surface area contributed by atoms with Crippen molar-refractivity contribution in [1.29, 1.82) is 0 Å². The molecule has 4 saturated carbocycles. The Balaban J connectivity index is 1.95. The normalized spacial score (nSPS) is 47.2. The quantitative estimate of drug-likeness (QED) is 0.630. The fourth-order valence-corrected chi connectivity index (χ4v) is 5.16. The number of carbonyl (C=O) groups is 1. The number of hydrogen-bond donors (Lipinski definition) is 1. The van der Waals surface area contributed by atoms with Gasteiger partial charge in [0.05, 0.1) is 0 Å². The SMILES string of the molecule is C=C(C)C(=O)OC1(CC)C2CC3CC(C2)CC1(O)C3. The lowest BCUT2D eigenvalue weighted by Crippen LogP contribution is -2.70. The fourth-order valence-electron chi connectivity index (χ4n) is 5.16. The second-order valence-electron chi connectivity index (χ2n) is 6.99. The Morgan fingerprint density at radius 3 is 2.32 bits per heavy atom. The molecule has 4 aliphatic rings. The van der Waals surface area contributed by atoms with E-state index < -0.39 is 11.2 Å². The van der Waals surface area contributed by atoms with Crippen LogP contribution in [0.5, 0.6) is 0 Å². The van der Waals surface area contributed by atoms with Crippen LogP contribution in [0.3, 0.4) is 0 Å². The van der Waals surface area contributed by atoms with Gasteiger partial charge in [0.2, 0.25) is 0 Å². The highest BCUT2D eigenvalue weighted by Crippen LogP contribution is 2.62. The Morgan fingerprint density at radius 1 is 1.32 bits per heavy atom. The van der Waals surface area contributed by atoms with Crippen molar-refractivity contribution in [2.75, 3.05) is 0 Å². The zero-order valence-electron chi connectivity index (χ0n) is 11.9. The molecular formula is C16H24O3. The smallest absolute Gasteiger partial charge is 0.333 e. The lowest BCUT2D eigenvalue weighted by Gasteiger charge is -2.64. The molecule has 0 aliphatic heterocycles. The van der Waals surface area contributed by atoms with Crippen LogP contribution >= 0.6 is 0 Å². The molecule has 4 rings (SSSR count). The van der Waals surface area contributed by atoms with Crippen molar-refractivity contribution in [2.24, 2.45) is 17.8 Å². The van der Waals surface area contributed by atoms with Gasteiger partial charge in [-0.2, -0.15) is 0 Å². The van der Waals surface area contributed by atoms with Crippen LogP contribution in [-0.4, -0.2) is 22.3 Å². The molecule has 0 radical (unpaired) electrons. The van der Waals surface area contributed by atoms with Crippen LogP contribution in [0, 0.1) is 17.8 Å². The van der Waals surface area contributed by atoms with Gasteiger partial charge in [0.15, 0.2) is 0 Å². The molecule has 0 spiro atoms. The largest absolute Gasteiger partial charge is 0.452 e. The molecule has 3 heteroatoms. The molecule has 1 N–H and O–H groups in total. The van der Waals surface area contributed by atoms with E-state index in [1.54, 1.807) is 6.92 Å². The van der Waals surface area contributed by atoms with E-state index in [4.69, 9.17) is 4.74 Å². The Hall–Kier alpha value is -0.830. The van der Waals surface area contributed by atoms with Crippen molar-refractivity contribution >= 4 is 5.97 Å². The molecular weight excluding hydrogens is 240 g/mol. The lowest BCUT2D eigenvalue weighted by atomic mass is 9.47. The summed E-state index contributed by atoms with van der Waals surface area (Å²) in [5, 5.41) is 11.1. The maximum Gasteiger partial charge on any atom is 0.333 e. The molecule has 0 heterocycles. The van der Waals surface area contributed by atoms with E-state index in [2.05, 4.69) is 6.58 Å². The van der Waals surface area contributed by atoms with Gasteiger partial charge in [-0.15, -0.1) is 0 Å². The molecule has 3 unspecified atom stereocenters. The minimum Gasteiger partial charge on any atom is -0.452 e. The third-order valence-corrected chi connectivity index (χ3v) is 5.75. The molecule has 106 valence electrons. The van der Waals surface area contributed by atoms with E-state index in [1.807, 2.05) is 6.92 Å².